The van der Waals surface area contributed by atoms with Gasteiger partial charge in [0, 0.05) is 30.7 Å². The minimum atomic E-state index is -4.57. The van der Waals surface area contributed by atoms with E-state index in [0.29, 0.717) is 0 Å². The van der Waals surface area contributed by atoms with Crippen LogP contribution in [0.3, 0.4) is 0 Å². The molecule has 1 aromatic rings. The first kappa shape index (κ1) is 20.3. The second-order valence-electron chi connectivity index (χ2n) is 7.30. The molecule has 2 amide bonds. The normalized spacial score (nSPS) is 17.0. The van der Waals surface area contributed by atoms with Crippen molar-refractivity contribution in [2.75, 3.05) is 25.5 Å². The number of urea groups is 1. The SMILES string of the molecule is COc1cc(C(F)(F)F)ncc1NC(=O)NC1CCN(C(C)(C)C)CC1. The second kappa shape index (κ2) is 7.69. The number of rotatable bonds is 3. The van der Waals surface area contributed by atoms with Gasteiger partial charge in [-0.25, -0.2) is 9.78 Å². The lowest BCUT2D eigenvalue weighted by molar-refractivity contribution is -0.141. The van der Waals surface area contributed by atoms with E-state index in [1.54, 1.807) is 0 Å². The average Bonchev–Trinajstić information content (AvgIpc) is 2.53. The van der Waals surface area contributed by atoms with Crippen molar-refractivity contribution in [3.05, 3.63) is 18.0 Å². The van der Waals surface area contributed by atoms with Crippen LogP contribution in [0.15, 0.2) is 12.3 Å². The molecule has 0 unspecified atom stereocenters. The van der Waals surface area contributed by atoms with E-state index in [2.05, 4.69) is 41.3 Å². The summed E-state index contributed by atoms with van der Waals surface area (Å²) in [6, 6.07) is 0.290. The third-order valence-electron chi connectivity index (χ3n) is 4.40. The smallest absolute Gasteiger partial charge is 0.433 e. The minimum Gasteiger partial charge on any atom is -0.494 e. The molecule has 2 rings (SSSR count). The van der Waals surface area contributed by atoms with Gasteiger partial charge in [0.05, 0.1) is 13.3 Å². The highest BCUT2D eigenvalue weighted by atomic mass is 19.4. The van der Waals surface area contributed by atoms with E-state index >= 15 is 0 Å². The van der Waals surface area contributed by atoms with Gasteiger partial charge < -0.3 is 15.4 Å². The Morgan fingerprint density at radius 3 is 2.38 bits per heavy atom. The fourth-order valence-electron chi connectivity index (χ4n) is 2.89. The van der Waals surface area contributed by atoms with Crippen LogP contribution >= 0.6 is 0 Å². The summed E-state index contributed by atoms with van der Waals surface area (Å²) >= 11 is 0. The molecule has 1 aliphatic heterocycles. The van der Waals surface area contributed by atoms with Crippen molar-refractivity contribution in [3.63, 3.8) is 0 Å². The third-order valence-corrected chi connectivity index (χ3v) is 4.40. The Bertz CT molecular complexity index is 636. The molecule has 9 heteroatoms. The van der Waals surface area contributed by atoms with E-state index in [9.17, 15) is 18.0 Å². The van der Waals surface area contributed by atoms with Crippen LogP contribution in [0.1, 0.15) is 39.3 Å². The molecule has 0 aliphatic carbocycles. The Balaban J connectivity index is 1.94. The number of nitrogens with zero attached hydrogens (tertiary/aromatic N) is 2. The van der Waals surface area contributed by atoms with Gasteiger partial charge >= 0.3 is 12.2 Å². The Hall–Kier alpha value is -2.03. The lowest BCUT2D eigenvalue weighted by atomic mass is 9.98. The van der Waals surface area contributed by atoms with Gasteiger partial charge in [-0.05, 0) is 33.6 Å². The maximum absolute atomic E-state index is 12.7. The summed E-state index contributed by atoms with van der Waals surface area (Å²) < 4.78 is 43.0. The number of halogens is 3. The van der Waals surface area contributed by atoms with Crippen molar-refractivity contribution in [2.45, 2.75) is 51.4 Å². The highest BCUT2D eigenvalue weighted by Crippen LogP contribution is 2.33. The Kier molecular flexibility index (Phi) is 6.00. The molecule has 0 atom stereocenters. The van der Waals surface area contributed by atoms with Crippen molar-refractivity contribution >= 4 is 11.7 Å². The van der Waals surface area contributed by atoms with Gasteiger partial charge in [0.15, 0.2) is 0 Å². The van der Waals surface area contributed by atoms with Gasteiger partial charge in [0.25, 0.3) is 0 Å². The van der Waals surface area contributed by atoms with Crippen LogP contribution in [0.2, 0.25) is 0 Å². The number of likely N-dealkylation sites (tertiary alicyclic amines) is 1. The maximum atomic E-state index is 12.7. The molecule has 1 aromatic heterocycles. The summed E-state index contributed by atoms with van der Waals surface area (Å²) in [6.07, 6.45) is -2.00. The van der Waals surface area contributed by atoms with Gasteiger partial charge in [-0.2, -0.15) is 13.2 Å². The lowest BCUT2D eigenvalue weighted by Crippen LogP contribution is -2.51. The first-order chi connectivity index (χ1) is 12.0. The predicted octanol–water partition coefficient (Wildman–Crippen LogP) is 3.49. The average molecular weight is 374 g/mol. The molecule has 1 fully saturated rings. The molecular weight excluding hydrogens is 349 g/mol. The maximum Gasteiger partial charge on any atom is 0.433 e. The Morgan fingerprint density at radius 2 is 1.88 bits per heavy atom. The van der Waals surface area contributed by atoms with E-state index in [4.69, 9.17) is 4.74 Å². The van der Waals surface area contributed by atoms with Crippen LogP contribution in [0.5, 0.6) is 5.75 Å². The number of carbonyl (C=O) groups is 1. The van der Waals surface area contributed by atoms with Crippen molar-refractivity contribution in [2.24, 2.45) is 0 Å². The molecule has 146 valence electrons. The van der Waals surface area contributed by atoms with Crippen LogP contribution in [0, 0.1) is 0 Å². The molecule has 1 saturated heterocycles. The van der Waals surface area contributed by atoms with Gasteiger partial charge in [-0.1, -0.05) is 0 Å². The molecule has 0 radical (unpaired) electrons. The Morgan fingerprint density at radius 1 is 1.27 bits per heavy atom. The van der Waals surface area contributed by atoms with Gasteiger partial charge in [-0.3, -0.25) is 4.90 Å². The van der Waals surface area contributed by atoms with Crippen LogP contribution in [-0.4, -0.2) is 47.7 Å². The largest absolute Gasteiger partial charge is 0.494 e. The molecule has 2 N–H and O–H groups in total. The molecule has 26 heavy (non-hydrogen) atoms. The molecular formula is C17H25F3N4O2. The molecule has 0 saturated carbocycles. The quantitative estimate of drug-likeness (QED) is 0.850. The van der Waals surface area contributed by atoms with Crippen molar-refractivity contribution in [3.8, 4) is 5.75 Å². The molecule has 0 aromatic carbocycles. The minimum absolute atomic E-state index is 0.0157. The van der Waals surface area contributed by atoms with Crippen molar-refractivity contribution < 1.29 is 22.7 Å². The second-order valence-corrected chi connectivity index (χ2v) is 7.30. The van der Waals surface area contributed by atoms with Gasteiger partial charge in [-0.15, -0.1) is 0 Å². The molecule has 2 heterocycles. The van der Waals surface area contributed by atoms with Crippen LogP contribution in [-0.2, 0) is 6.18 Å². The fraction of sp³-hybridized carbons (Fsp3) is 0.647. The summed E-state index contributed by atoms with van der Waals surface area (Å²) in [5.41, 5.74) is -0.896. The fourth-order valence-corrected chi connectivity index (χ4v) is 2.89. The number of anilines is 1. The summed E-state index contributed by atoms with van der Waals surface area (Å²) in [5.74, 6) is -0.0926. The van der Waals surface area contributed by atoms with Crippen LogP contribution in [0.25, 0.3) is 0 Å². The summed E-state index contributed by atoms with van der Waals surface area (Å²) in [6.45, 7) is 8.20. The van der Waals surface area contributed by atoms with E-state index in [-0.39, 0.29) is 23.0 Å². The molecule has 0 bridgehead atoms. The van der Waals surface area contributed by atoms with E-state index < -0.39 is 17.9 Å². The molecule has 6 nitrogen and oxygen atoms in total. The standard InChI is InChI=1S/C17H25F3N4O2/c1-16(2,3)24-7-5-11(6-8-24)22-15(25)23-12-10-21-14(17(18,19)20)9-13(12)26-4/h9-11H,5-8H2,1-4H3,(H2,22,23,25). The van der Waals surface area contributed by atoms with E-state index in [1.165, 1.54) is 7.11 Å². The predicted molar refractivity (Wildman–Crippen MR) is 92.3 cm³/mol. The zero-order valence-electron chi connectivity index (χ0n) is 15.4. The van der Waals surface area contributed by atoms with E-state index in [0.717, 1.165) is 38.2 Å². The summed E-state index contributed by atoms with van der Waals surface area (Å²) in [7, 11) is 1.24. The number of piperidine rings is 1. The topological polar surface area (TPSA) is 66.5 Å². The number of pyridine rings is 1. The summed E-state index contributed by atoms with van der Waals surface area (Å²) in [4.78, 5) is 17.9. The van der Waals surface area contributed by atoms with Gasteiger partial charge in [0.1, 0.15) is 17.1 Å². The Labute approximate surface area is 151 Å². The number of hydrogen-bond donors (Lipinski definition) is 2. The zero-order valence-corrected chi connectivity index (χ0v) is 15.4. The highest BCUT2D eigenvalue weighted by Gasteiger charge is 2.33. The molecule has 0 spiro atoms. The van der Waals surface area contributed by atoms with E-state index in [1.807, 2.05) is 0 Å². The zero-order chi connectivity index (χ0) is 19.5. The number of aromatic nitrogens is 1. The summed E-state index contributed by atoms with van der Waals surface area (Å²) in [5, 5.41) is 5.36. The van der Waals surface area contributed by atoms with Crippen LogP contribution < -0.4 is 15.4 Å². The third kappa shape index (κ3) is 5.23. The first-order valence-electron chi connectivity index (χ1n) is 8.44. The number of nitrogens with one attached hydrogen (secondary N) is 2. The number of methoxy groups -OCH3 is 1. The van der Waals surface area contributed by atoms with Crippen LogP contribution in [0.4, 0.5) is 23.7 Å². The number of amides is 2. The number of hydrogen-bond acceptors (Lipinski definition) is 4. The number of ether oxygens (including phenoxy) is 1. The first-order valence-corrected chi connectivity index (χ1v) is 8.44. The van der Waals surface area contributed by atoms with Gasteiger partial charge in [0.2, 0.25) is 0 Å². The molecule has 1 aliphatic rings. The number of alkyl halides is 3. The number of carbonyl (C=O) groups excluding carboxylic acids is 1. The van der Waals surface area contributed by atoms with Crippen molar-refractivity contribution in [1.82, 2.24) is 15.2 Å². The monoisotopic (exact) mass is 374 g/mol. The lowest BCUT2D eigenvalue weighted by Gasteiger charge is -2.41. The highest BCUT2D eigenvalue weighted by molar-refractivity contribution is 5.90. The van der Waals surface area contributed by atoms with Crippen molar-refractivity contribution in [1.29, 1.82) is 0 Å².